The van der Waals surface area contributed by atoms with Crippen LogP contribution in [0.5, 0.6) is 0 Å². The molecule has 0 unspecified atom stereocenters. The molecular formula is C14H10ClN3. The van der Waals surface area contributed by atoms with Crippen molar-refractivity contribution in [1.29, 1.82) is 0 Å². The first-order chi connectivity index (χ1) is 8.75. The van der Waals surface area contributed by atoms with Crippen molar-refractivity contribution in [3.05, 3.63) is 53.8 Å². The van der Waals surface area contributed by atoms with Gasteiger partial charge in [-0.1, -0.05) is 36.4 Å². The molecule has 18 heavy (non-hydrogen) atoms. The van der Waals surface area contributed by atoms with Crippen molar-refractivity contribution in [3.8, 4) is 11.3 Å². The molecule has 3 aromatic rings. The van der Waals surface area contributed by atoms with Crippen molar-refractivity contribution < 1.29 is 0 Å². The second-order valence-corrected chi connectivity index (χ2v) is 4.29. The highest BCUT2D eigenvalue weighted by Crippen LogP contribution is 2.30. The van der Waals surface area contributed by atoms with E-state index in [1.807, 2.05) is 48.5 Å². The van der Waals surface area contributed by atoms with Gasteiger partial charge in [-0.2, -0.15) is 0 Å². The van der Waals surface area contributed by atoms with Gasteiger partial charge in [0.25, 0.3) is 0 Å². The van der Waals surface area contributed by atoms with Crippen molar-refractivity contribution in [2.75, 3.05) is 5.73 Å². The Bertz CT molecular complexity index is 711. The van der Waals surface area contributed by atoms with Gasteiger partial charge in [-0.25, -0.2) is 9.97 Å². The number of anilines is 1. The molecule has 2 N–H and O–H groups in total. The van der Waals surface area contributed by atoms with E-state index < -0.39 is 0 Å². The minimum absolute atomic E-state index is 0.229. The largest absolute Gasteiger partial charge is 0.398 e. The number of fused-ring (bicyclic) bond motifs is 1. The molecule has 88 valence electrons. The summed E-state index contributed by atoms with van der Waals surface area (Å²) in [6.07, 6.45) is 0. The SMILES string of the molecule is Nc1cccc2nc(Cl)nc(-c3ccccc3)c12. The van der Waals surface area contributed by atoms with Gasteiger partial charge in [0.15, 0.2) is 0 Å². The maximum atomic E-state index is 6.02. The average Bonchev–Trinajstić information content (AvgIpc) is 2.39. The normalized spacial score (nSPS) is 10.7. The van der Waals surface area contributed by atoms with E-state index in [2.05, 4.69) is 9.97 Å². The quantitative estimate of drug-likeness (QED) is 0.535. The Hall–Kier alpha value is -2.13. The van der Waals surface area contributed by atoms with Crippen molar-refractivity contribution in [2.24, 2.45) is 0 Å². The van der Waals surface area contributed by atoms with E-state index in [4.69, 9.17) is 17.3 Å². The van der Waals surface area contributed by atoms with Gasteiger partial charge in [-0.15, -0.1) is 0 Å². The second-order valence-electron chi connectivity index (χ2n) is 3.95. The maximum Gasteiger partial charge on any atom is 0.223 e. The molecule has 2 aromatic carbocycles. The highest BCUT2D eigenvalue weighted by Gasteiger charge is 2.10. The Kier molecular flexibility index (Phi) is 2.61. The third-order valence-corrected chi connectivity index (χ3v) is 2.94. The molecule has 0 atom stereocenters. The summed E-state index contributed by atoms with van der Waals surface area (Å²) in [7, 11) is 0. The number of nitrogens with two attached hydrogens (primary N) is 1. The summed E-state index contributed by atoms with van der Waals surface area (Å²) < 4.78 is 0. The van der Waals surface area contributed by atoms with E-state index in [-0.39, 0.29) is 5.28 Å². The summed E-state index contributed by atoms with van der Waals surface area (Å²) in [5.41, 5.74) is 9.18. The minimum Gasteiger partial charge on any atom is -0.398 e. The lowest BCUT2D eigenvalue weighted by atomic mass is 10.1. The van der Waals surface area contributed by atoms with Crippen molar-refractivity contribution in [2.45, 2.75) is 0 Å². The van der Waals surface area contributed by atoms with E-state index in [0.29, 0.717) is 5.69 Å². The fraction of sp³-hybridized carbons (Fsp3) is 0. The van der Waals surface area contributed by atoms with Gasteiger partial charge < -0.3 is 5.73 Å². The average molecular weight is 256 g/mol. The number of aromatic nitrogens is 2. The molecule has 0 aliphatic heterocycles. The third kappa shape index (κ3) is 1.79. The minimum atomic E-state index is 0.229. The van der Waals surface area contributed by atoms with E-state index in [9.17, 15) is 0 Å². The fourth-order valence-corrected chi connectivity index (χ4v) is 2.16. The Morgan fingerprint density at radius 3 is 2.44 bits per heavy atom. The lowest BCUT2D eigenvalue weighted by molar-refractivity contribution is 1.22. The molecule has 1 aromatic heterocycles. The van der Waals surface area contributed by atoms with Gasteiger partial charge in [-0.3, -0.25) is 0 Å². The molecule has 0 radical (unpaired) electrons. The first-order valence-corrected chi connectivity index (χ1v) is 5.90. The summed E-state index contributed by atoms with van der Waals surface area (Å²) in [6, 6.07) is 15.4. The number of halogens is 1. The number of hydrogen-bond acceptors (Lipinski definition) is 3. The predicted molar refractivity (Wildman–Crippen MR) is 74.4 cm³/mol. The lowest BCUT2D eigenvalue weighted by Gasteiger charge is -2.08. The Morgan fingerprint density at radius 1 is 0.889 bits per heavy atom. The molecule has 1 heterocycles. The number of rotatable bonds is 1. The van der Waals surface area contributed by atoms with Gasteiger partial charge in [-0.05, 0) is 23.7 Å². The second kappa shape index (κ2) is 4.27. The van der Waals surface area contributed by atoms with Crippen LogP contribution in [0.25, 0.3) is 22.2 Å². The van der Waals surface area contributed by atoms with Gasteiger partial charge in [0, 0.05) is 16.6 Å². The van der Waals surface area contributed by atoms with Crippen LogP contribution >= 0.6 is 11.6 Å². The first kappa shape index (κ1) is 11.0. The van der Waals surface area contributed by atoms with E-state index in [1.165, 1.54) is 0 Å². The lowest BCUT2D eigenvalue weighted by Crippen LogP contribution is -1.95. The number of hydrogen-bond donors (Lipinski definition) is 1. The Balaban J connectivity index is 2.41. The molecule has 0 fully saturated rings. The summed E-state index contributed by atoms with van der Waals surface area (Å²) in [5, 5.41) is 1.07. The zero-order valence-corrected chi connectivity index (χ0v) is 10.2. The molecule has 0 spiro atoms. The van der Waals surface area contributed by atoms with Crippen LogP contribution in [0.1, 0.15) is 0 Å². The molecule has 0 aliphatic rings. The molecule has 0 saturated carbocycles. The zero-order chi connectivity index (χ0) is 12.5. The van der Waals surface area contributed by atoms with Crippen LogP contribution in [0.2, 0.25) is 5.28 Å². The van der Waals surface area contributed by atoms with Crippen LogP contribution in [0.4, 0.5) is 5.69 Å². The summed E-state index contributed by atoms with van der Waals surface area (Å²) in [5.74, 6) is 0. The first-order valence-electron chi connectivity index (χ1n) is 5.53. The van der Waals surface area contributed by atoms with Gasteiger partial charge in [0.2, 0.25) is 5.28 Å². The van der Waals surface area contributed by atoms with E-state index in [0.717, 1.165) is 22.2 Å². The summed E-state index contributed by atoms with van der Waals surface area (Å²) in [6.45, 7) is 0. The van der Waals surface area contributed by atoms with Crippen LogP contribution in [-0.4, -0.2) is 9.97 Å². The smallest absolute Gasteiger partial charge is 0.223 e. The standard InChI is InChI=1S/C14H10ClN3/c15-14-17-11-8-4-7-10(16)12(11)13(18-14)9-5-2-1-3-6-9/h1-8H,16H2. The van der Waals surface area contributed by atoms with Crippen molar-refractivity contribution >= 4 is 28.2 Å². The highest BCUT2D eigenvalue weighted by atomic mass is 35.5. The van der Waals surface area contributed by atoms with E-state index in [1.54, 1.807) is 0 Å². The van der Waals surface area contributed by atoms with Crippen molar-refractivity contribution in [1.82, 2.24) is 9.97 Å². The van der Waals surface area contributed by atoms with E-state index >= 15 is 0 Å². The Morgan fingerprint density at radius 2 is 1.67 bits per heavy atom. The summed E-state index contributed by atoms with van der Waals surface area (Å²) in [4.78, 5) is 8.50. The van der Waals surface area contributed by atoms with Crippen LogP contribution in [0.15, 0.2) is 48.5 Å². The van der Waals surface area contributed by atoms with Crippen molar-refractivity contribution in [3.63, 3.8) is 0 Å². The zero-order valence-electron chi connectivity index (χ0n) is 9.47. The molecule has 0 bridgehead atoms. The molecule has 0 saturated heterocycles. The number of nitrogens with zero attached hydrogens (tertiary/aromatic N) is 2. The Labute approximate surface area is 109 Å². The third-order valence-electron chi connectivity index (χ3n) is 2.78. The van der Waals surface area contributed by atoms with Gasteiger partial charge in [0.05, 0.1) is 11.2 Å². The number of benzene rings is 2. The van der Waals surface area contributed by atoms with Gasteiger partial charge in [0.1, 0.15) is 0 Å². The monoisotopic (exact) mass is 255 g/mol. The molecule has 3 nitrogen and oxygen atoms in total. The maximum absolute atomic E-state index is 6.02. The number of nitrogen functional groups attached to an aromatic ring is 1. The van der Waals surface area contributed by atoms with Crippen LogP contribution in [0.3, 0.4) is 0 Å². The molecular weight excluding hydrogens is 246 g/mol. The van der Waals surface area contributed by atoms with Crippen LogP contribution in [0, 0.1) is 0 Å². The molecule has 3 rings (SSSR count). The topological polar surface area (TPSA) is 51.8 Å². The fourth-order valence-electron chi connectivity index (χ4n) is 1.99. The molecule has 4 heteroatoms. The molecule has 0 aliphatic carbocycles. The summed E-state index contributed by atoms with van der Waals surface area (Å²) >= 11 is 5.96. The van der Waals surface area contributed by atoms with Gasteiger partial charge >= 0.3 is 0 Å². The highest BCUT2D eigenvalue weighted by molar-refractivity contribution is 6.29. The predicted octanol–water partition coefficient (Wildman–Crippen LogP) is 3.53. The van der Waals surface area contributed by atoms with Crippen LogP contribution < -0.4 is 5.73 Å². The molecule has 0 amide bonds. The van der Waals surface area contributed by atoms with Crippen LogP contribution in [-0.2, 0) is 0 Å².